The van der Waals surface area contributed by atoms with Crippen molar-refractivity contribution in [3.8, 4) is 0 Å². The molecule has 1 unspecified atom stereocenters. The Kier molecular flexibility index (Phi) is 3.18. The molecular weight excluding hydrogens is 214 g/mol. The highest BCUT2D eigenvalue weighted by atomic mass is 16.5. The van der Waals surface area contributed by atoms with Gasteiger partial charge in [-0.1, -0.05) is 19.3 Å². The van der Waals surface area contributed by atoms with Gasteiger partial charge < -0.3 is 15.2 Å². The Bertz CT molecular complexity index is 269. The lowest BCUT2D eigenvalue weighted by Gasteiger charge is -2.33. The fourth-order valence-corrected chi connectivity index (χ4v) is 3.48. The van der Waals surface area contributed by atoms with E-state index in [1.165, 1.54) is 44.9 Å². The van der Waals surface area contributed by atoms with Gasteiger partial charge in [0.2, 0.25) is 0 Å². The van der Waals surface area contributed by atoms with E-state index >= 15 is 0 Å². The quantitative estimate of drug-likeness (QED) is 0.788. The Balaban J connectivity index is 1.47. The number of rotatable bonds is 4. The maximum Gasteiger partial charge on any atom is 0.0708 e. The summed E-state index contributed by atoms with van der Waals surface area (Å²) in [6.07, 6.45) is 11.7. The van der Waals surface area contributed by atoms with Crippen LogP contribution < -0.4 is 5.32 Å². The van der Waals surface area contributed by atoms with E-state index < -0.39 is 0 Å². The van der Waals surface area contributed by atoms with Gasteiger partial charge in [-0.3, -0.25) is 0 Å². The van der Waals surface area contributed by atoms with Crippen LogP contribution in [0.5, 0.6) is 0 Å². The maximum atomic E-state index is 9.27. The van der Waals surface area contributed by atoms with Crippen molar-refractivity contribution in [2.75, 3.05) is 13.2 Å². The second-order valence-corrected chi connectivity index (χ2v) is 6.34. The molecule has 3 rings (SSSR count). The summed E-state index contributed by atoms with van der Waals surface area (Å²) in [5.74, 6) is 0. The molecule has 1 heterocycles. The summed E-state index contributed by atoms with van der Waals surface area (Å²) in [5, 5.41) is 12.8. The highest BCUT2D eigenvalue weighted by Gasteiger charge is 2.44. The maximum absolute atomic E-state index is 9.27. The van der Waals surface area contributed by atoms with Crippen molar-refractivity contribution in [3.05, 3.63) is 0 Å². The summed E-state index contributed by atoms with van der Waals surface area (Å²) in [7, 11) is 0. The molecule has 3 heteroatoms. The fraction of sp³-hybridized carbons (Fsp3) is 1.00. The Labute approximate surface area is 104 Å². The van der Waals surface area contributed by atoms with Crippen molar-refractivity contribution in [2.24, 2.45) is 0 Å². The van der Waals surface area contributed by atoms with Crippen LogP contribution in [0, 0.1) is 0 Å². The summed E-state index contributed by atoms with van der Waals surface area (Å²) in [4.78, 5) is 0. The van der Waals surface area contributed by atoms with E-state index in [2.05, 4.69) is 5.32 Å². The molecule has 3 aliphatic rings. The molecule has 1 aliphatic heterocycles. The van der Waals surface area contributed by atoms with Crippen molar-refractivity contribution in [1.29, 1.82) is 0 Å². The third kappa shape index (κ3) is 2.51. The van der Waals surface area contributed by atoms with Gasteiger partial charge >= 0.3 is 0 Å². The van der Waals surface area contributed by atoms with E-state index in [1.807, 2.05) is 0 Å². The molecule has 2 aliphatic carbocycles. The summed E-state index contributed by atoms with van der Waals surface area (Å²) < 4.78 is 6.31. The lowest BCUT2D eigenvalue weighted by molar-refractivity contribution is -0.0635. The lowest BCUT2D eigenvalue weighted by Crippen LogP contribution is -2.41. The lowest BCUT2D eigenvalue weighted by atomic mass is 9.83. The molecule has 0 amide bonds. The predicted octanol–water partition coefficient (Wildman–Crippen LogP) is 1.98. The monoisotopic (exact) mass is 239 g/mol. The number of aliphatic hydroxyl groups is 1. The van der Waals surface area contributed by atoms with Gasteiger partial charge in [-0.15, -0.1) is 0 Å². The predicted molar refractivity (Wildman–Crippen MR) is 67.0 cm³/mol. The summed E-state index contributed by atoms with van der Waals surface area (Å²) >= 11 is 0. The normalized spacial score (nSPS) is 34.1. The van der Waals surface area contributed by atoms with E-state index in [1.54, 1.807) is 0 Å². The average molecular weight is 239 g/mol. The van der Waals surface area contributed by atoms with Gasteiger partial charge in [0.25, 0.3) is 0 Å². The van der Waals surface area contributed by atoms with Crippen LogP contribution in [-0.2, 0) is 4.74 Å². The van der Waals surface area contributed by atoms with Crippen LogP contribution in [0.1, 0.15) is 57.8 Å². The molecule has 3 fully saturated rings. The van der Waals surface area contributed by atoms with Crippen LogP contribution in [0.25, 0.3) is 0 Å². The molecule has 2 saturated carbocycles. The molecular formula is C14H25NO2. The summed E-state index contributed by atoms with van der Waals surface area (Å²) in [6.45, 7) is 1.22. The first kappa shape index (κ1) is 11.9. The fourth-order valence-electron chi connectivity index (χ4n) is 3.48. The SMILES string of the molecule is OCC1(NCC2CCC3(CCCCC3)O2)CC1. The molecule has 0 aromatic heterocycles. The van der Waals surface area contributed by atoms with Crippen LogP contribution in [0.4, 0.5) is 0 Å². The van der Waals surface area contributed by atoms with Crippen LogP contribution in [0.3, 0.4) is 0 Å². The van der Waals surface area contributed by atoms with Gasteiger partial charge in [-0.25, -0.2) is 0 Å². The third-order valence-electron chi connectivity index (χ3n) is 4.96. The Morgan fingerprint density at radius 3 is 2.47 bits per heavy atom. The van der Waals surface area contributed by atoms with E-state index in [-0.39, 0.29) is 17.7 Å². The molecule has 1 spiro atoms. The van der Waals surface area contributed by atoms with Crippen molar-refractivity contribution in [1.82, 2.24) is 5.32 Å². The van der Waals surface area contributed by atoms with Crippen molar-refractivity contribution >= 4 is 0 Å². The molecule has 17 heavy (non-hydrogen) atoms. The van der Waals surface area contributed by atoms with Gasteiger partial charge in [-0.05, 0) is 38.5 Å². The minimum atomic E-state index is 0.0612. The van der Waals surface area contributed by atoms with Crippen LogP contribution in [-0.4, -0.2) is 35.5 Å². The number of aliphatic hydroxyl groups excluding tert-OH is 1. The van der Waals surface area contributed by atoms with Gasteiger partial charge in [0.05, 0.1) is 18.3 Å². The highest BCUT2D eigenvalue weighted by Crippen LogP contribution is 2.42. The Morgan fingerprint density at radius 2 is 1.82 bits per heavy atom. The molecule has 0 radical (unpaired) electrons. The van der Waals surface area contributed by atoms with Crippen molar-refractivity contribution < 1.29 is 9.84 Å². The molecule has 0 aromatic rings. The largest absolute Gasteiger partial charge is 0.394 e. The zero-order valence-corrected chi connectivity index (χ0v) is 10.7. The van der Waals surface area contributed by atoms with Gasteiger partial charge in [0, 0.05) is 12.1 Å². The Morgan fingerprint density at radius 1 is 1.06 bits per heavy atom. The molecule has 2 N–H and O–H groups in total. The van der Waals surface area contributed by atoms with Crippen molar-refractivity contribution in [2.45, 2.75) is 75.0 Å². The van der Waals surface area contributed by atoms with Crippen LogP contribution in [0.15, 0.2) is 0 Å². The second kappa shape index (κ2) is 4.52. The number of ether oxygens (including phenoxy) is 1. The summed E-state index contributed by atoms with van der Waals surface area (Å²) in [6, 6.07) is 0. The second-order valence-electron chi connectivity index (χ2n) is 6.34. The molecule has 98 valence electrons. The standard InChI is InChI=1S/C14H25NO2/c16-11-13(8-9-13)15-10-12-4-7-14(17-12)5-2-1-3-6-14/h12,15-16H,1-11H2. The first-order valence-corrected chi connectivity index (χ1v) is 7.30. The first-order chi connectivity index (χ1) is 8.26. The smallest absolute Gasteiger partial charge is 0.0708 e. The zero-order valence-electron chi connectivity index (χ0n) is 10.7. The molecule has 1 atom stereocenters. The van der Waals surface area contributed by atoms with Gasteiger partial charge in [0.1, 0.15) is 0 Å². The molecule has 3 nitrogen and oxygen atoms in total. The number of hydrogen-bond donors (Lipinski definition) is 2. The average Bonchev–Trinajstić information content (AvgIpc) is 3.06. The van der Waals surface area contributed by atoms with E-state index in [9.17, 15) is 5.11 Å². The van der Waals surface area contributed by atoms with E-state index in [0.717, 1.165) is 19.4 Å². The highest BCUT2D eigenvalue weighted by molar-refractivity contribution is 5.02. The minimum Gasteiger partial charge on any atom is -0.394 e. The Hall–Kier alpha value is -0.120. The van der Waals surface area contributed by atoms with Crippen molar-refractivity contribution in [3.63, 3.8) is 0 Å². The number of nitrogens with one attached hydrogen (secondary N) is 1. The first-order valence-electron chi connectivity index (χ1n) is 7.30. The van der Waals surface area contributed by atoms with E-state index in [0.29, 0.717) is 6.10 Å². The minimum absolute atomic E-state index is 0.0612. The zero-order chi connectivity index (χ0) is 11.8. The molecule has 0 aromatic carbocycles. The molecule has 0 bridgehead atoms. The summed E-state index contributed by atoms with van der Waals surface area (Å²) in [5.41, 5.74) is 0.298. The van der Waals surface area contributed by atoms with Crippen LogP contribution in [0.2, 0.25) is 0 Å². The topological polar surface area (TPSA) is 41.5 Å². The van der Waals surface area contributed by atoms with Gasteiger partial charge in [-0.2, -0.15) is 0 Å². The number of hydrogen-bond acceptors (Lipinski definition) is 3. The van der Waals surface area contributed by atoms with Crippen LogP contribution >= 0.6 is 0 Å². The van der Waals surface area contributed by atoms with E-state index in [4.69, 9.17) is 4.74 Å². The molecule has 1 saturated heterocycles. The van der Waals surface area contributed by atoms with Gasteiger partial charge in [0.15, 0.2) is 0 Å². The third-order valence-corrected chi connectivity index (χ3v) is 4.96.